The van der Waals surface area contributed by atoms with Crippen LogP contribution in [-0.2, 0) is 0 Å². The molecule has 0 amide bonds. The largest absolute Gasteiger partial charge is 0.395 e. The molecule has 0 aromatic heterocycles. The van der Waals surface area contributed by atoms with Gasteiger partial charge >= 0.3 is 0 Å². The first-order valence-electron chi connectivity index (χ1n) is 10.2. The Morgan fingerprint density at radius 3 is 1.38 bits per heavy atom. The highest BCUT2D eigenvalue weighted by molar-refractivity contribution is 6.31. The van der Waals surface area contributed by atoms with E-state index in [2.05, 4.69) is 21.3 Å². The van der Waals surface area contributed by atoms with Crippen LogP contribution in [0.15, 0.2) is 36.4 Å². The second-order valence-corrected chi connectivity index (χ2v) is 6.92. The fourth-order valence-electron chi connectivity index (χ4n) is 3.50. The van der Waals surface area contributed by atoms with Gasteiger partial charge in [0, 0.05) is 61.8 Å². The number of benzene rings is 2. The van der Waals surface area contributed by atoms with E-state index in [-0.39, 0.29) is 49.6 Å². The van der Waals surface area contributed by atoms with Gasteiger partial charge in [0.05, 0.1) is 24.3 Å². The van der Waals surface area contributed by atoms with Gasteiger partial charge < -0.3 is 31.5 Å². The number of nitrogens with one attached hydrogen (secondary N) is 4. The molecule has 8 nitrogen and oxygen atoms in total. The second-order valence-electron chi connectivity index (χ2n) is 6.92. The average Bonchev–Trinajstić information content (AvgIpc) is 2.77. The number of carbonyl (C=O) groups excluding carboxylic acids is 2. The normalized spacial score (nSPS) is 11.7. The van der Waals surface area contributed by atoms with Gasteiger partial charge in [0.15, 0.2) is 11.6 Å². The summed E-state index contributed by atoms with van der Waals surface area (Å²) in [6, 6.07) is 10.5. The average molecular weight is 485 g/mol. The molecule has 0 spiro atoms. The van der Waals surface area contributed by atoms with Gasteiger partial charge in [-0.05, 0) is 12.1 Å². The molecular formula is C22H30Cl2N4O4. The van der Waals surface area contributed by atoms with Crippen molar-refractivity contribution in [1.82, 2.24) is 10.6 Å². The smallest absolute Gasteiger partial charge is 0.196 e. The molecule has 0 heterocycles. The molecule has 10 heteroatoms. The lowest BCUT2D eigenvalue weighted by Crippen LogP contribution is -2.28. The summed E-state index contributed by atoms with van der Waals surface area (Å²) in [7, 11) is 0. The first-order chi connectivity index (χ1) is 14.7. The molecule has 0 saturated carbocycles. The van der Waals surface area contributed by atoms with Crippen LogP contribution in [0.3, 0.4) is 0 Å². The van der Waals surface area contributed by atoms with E-state index >= 15 is 0 Å². The SMILES string of the molecule is Cl.Cl.O=C1c2ccccc2C(=O)c2c(NCCNCCO)ccc(NCCNCCO)c21. The van der Waals surface area contributed by atoms with Crippen LogP contribution in [0, 0.1) is 0 Å². The van der Waals surface area contributed by atoms with Crippen molar-refractivity contribution in [1.29, 1.82) is 0 Å². The Labute approximate surface area is 200 Å². The lowest BCUT2D eigenvalue weighted by Gasteiger charge is -2.24. The number of hydrogen-bond donors (Lipinski definition) is 6. The third kappa shape index (κ3) is 6.41. The summed E-state index contributed by atoms with van der Waals surface area (Å²) in [5.41, 5.74) is 2.83. The van der Waals surface area contributed by atoms with E-state index in [1.807, 2.05) is 12.1 Å². The molecule has 0 aliphatic heterocycles. The number of fused-ring (bicyclic) bond motifs is 2. The maximum atomic E-state index is 13.3. The zero-order valence-corrected chi connectivity index (χ0v) is 19.3. The molecule has 2 aromatic carbocycles. The van der Waals surface area contributed by atoms with E-state index in [9.17, 15) is 9.59 Å². The molecule has 32 heavy (non-hydrogen) atoms. The van der Waals surface area contributed by atoms with E-state index in [0.717, 1.165) is 0 Å². The highest BCUT2D eigenvalue weighted by Gasteiger charge is 2.33. The van der Waals surface area contributed by atoms with Gasteiger partial charge in [-0.2, -0.15) is 0 Å². The summed E-state index contributed by atoms with van der Waals surface area (Å²) in [6.45, 7) is 3.45. The van der Waals surface area contributed by atoms with Gasteiger partial charge in [-0.25, -0.2) is 0 Å². The van der Waals surface area contributed by atoms with Gasteiger partial charge in [0.1, 0.15) is 0 Å². The van der Waals surface area contributed by atoms with Crippen LogP contribution in [-0.4, -0.2) is 74.3 Å². The van der Waals surface area contributed by atoms with Crippen molar-refractivity contribution < 1.29 is 19.8 Å². The first-order valence-corrected chi connectivity index (χ1v) is 10.2. The van der Waals surface area contributed by atoms with Crippen LogP contribution in [0.2, 0.25) is 0 Å². The molecule has 1 aliphatic carbocycles. The summed E-state index contributed by atoms with van der Waals surface area (Å²) < 4.78 is 0. The molecular weight excluding hydrogens is 455 g/mol. The van der Waals surface area contributed by atoms with Gasteiger partial charge in [-0.1, -0.05) is 24.3 Å². The minimum absolute atomic E-state index is 0. The van der Waals surface area contributed by atoms with Crippen LogP contribution in [0.4, 0.5) is 11.4 Å². The van der Waals surface area contributed by atoms with Crippen molar-refractivity contribution in [3.05, 3.63) is 58.7 Å². The zero-order valence-electron chi connectivity index (χ0n) is 17.6. The molecule has 0 unspecified atom stereocenters. The summed E-state index contributed by atoms with van der Waals surface area (Å²) >= 11 is 0. The minimum Gasteiger partial charge on any atom is -0.395 e. The molecule has 0 fully saturated rings. The Balaban J connectivity index is 0.00000256. The fraction of sp³-hybridized carbons (Fsp3) is 0.364. The lowest BCUT2D eigenvalue weighted by molar-refractivity contribution is 0.0980. The Morgan fingerprint density at radius 1 is 0.594 bits per heavy atom. The molecule has 0 bridgehead atoms. The van der Waals surface area contributed by atoms with E-state index in [4.69, 9.17) is 10.2 Å². The van der Waals surface area contributed by atoms with Crippen LogP contribution < -0.4 is 21.3 Å². The zero-order chi connectivity index (χ0) is 21.3. The molecule has 3 rings (SSSR count). The molecule has 6 N–H and O–H groups in total. The third-order valence-corrected chi connectivity index (χ3v) is 4.89. The van der Waals surface area contributed by atoms with Gasteiger partial charge in [0.2, 0.25) is 0 Å². The summed E-state index contributed by atoms with van der Waals surface area (Å²) in [4.78, 5) is 26.5. The van der Waals surface area contributed by atoms with Crippen LogP contribution in [0.25, 0.3) is 0 Å². The predicted molar refractivity (Wildman–Crippen MR) is 131 cm³/mol. The van der Waals surface area contributed by atoms with Crippen molar-refractivity contribution in [2.24, 2.45) is 0 Å². The third-order valence-electron chi connectivity index (χ3n) is 4.89. The number of aliphatic hydroxyl groups excluding tert-OH is 2. The van der Waals surface area contributed by atoms with E-state index < -0.39 is 0 Å². The van der Waals surface area contributed by atoms with Crippen molar-refractivity contribution >= 4 is 47.8 Å². The lowest BCUT2D eigenvalue weighted by atomic mass is 9.82. The predicted octanol–water partition coefficient (Wildman–Crippen LogP) is 1.29. The molecule has 2 aromatic rings. The van der Waals surface area contributed by atoms with Crippen LogP contribution in [0.5, 0.6) is 0 Å². The summed E-state index contributed by atoms with van der Waals surface area (Å²) in [5, 5.41) is 30.3. The summed E-state index contributed by atoms with van der Waals surface area (Å²) in [6.07, 6.45) is 0. The second kappa shape index (κ2) is 14.1. The number of carbonyl (C=O) groups is 2. The molecule has 176 valence electrons. The topological polar surface area (TPSA) is 123 Å². The van der Waals surface area contributed by atoms with E-state index in [1.54, 1.807) is 24.3 Å². The van der Waals surface area contributed by atoms with Gasteiger partial charge in [-0.3, -0.25) is 9.59 Å². The van der Waals surface area contributed by atoms with Crippen molar-refractivity contribution in [2.75, 3.05) is 63.1 Å². The summed E-state index contributed by atoms with van der Waals surface area (Å²) in [5.74, 6) is -0.346. The van der Waals surface area contributed by atoms with Crippen LogP contribution >= 0.6 is 24.8 Å². The Hall–Kier alpha value is -2.20. The maximum absolute atomic E-state index is 13.3. The number of halogens is 2. The minimum atomic E-state index is -0.173. The fourth-order valence-corrected chi connectivity index (χ4v) is 3.50. The standard InChI is InChI=1S/C22H28N4O4.2ClH/c27-13-11-23-7-9-25-17-5-6-18(26-10-8-24-12-14-28)20-19(17)21(29)15-3-1-2-4-16(15)22(20)30;;/h1-6,23-28H,7-14H2;2*1H. The number of rotatable bonds is 12. The van der Waals surface area contributed by atoms with E-state index in [0.29, 0.717) is 72.9 Å². The Bertz CT molecular complexity index is 839. The number of aliphatic hydroxyl groups is 2. The van der Waals surface area contributed by atoms with Gasteiger partial charge in [-0.15, -0.1) is 24.8 Å². The highest BCUT2D eigenvalue weighted by atomic mass is 35.5. The quantitative estimate of drug-likeness (QED) is 0.212. The van der Waals surface area contributed by atoms with Crippen molar-refractivity contribution in [3.63, 3.8) is 0 Å². The van der Waals surface area contributed by atoms with Crippen molar-refractivity contribution in [2.45, 2.75) is 0 Å². The first kappa shape index (κ1) is 27.8. The molecule has 0 atom stereocenters. The van der Waals surface area contributed by atoms with Gasteiger partial charge in [0.25, 0.3) is 0 Å². The highest BCUT2D eigenvalue weighted by Crippen LogP contribution is 2.36. The number of hydrogen-bond acceptors (Lipinski definition) is 8. The molecule has 1 aliphatic rings. The number of anilines is 2. The Morgan fingerprint density at radius 2 is 1.00 bits per heavy atom. The number of ketones is 2. The monoisotopic (exact) mass is 484 g/mol. The van der Waals surface area contributed by atoms with Crippen LogP contribution in [0.1, 0.15) is 31.8 Å². The maximum Gasteiger partial charge on any atom is 0.196 e. The van der Waals surface area contributed by atoms with E-state index in [1.165, 1.54) is 0 Å². The molecule has 0 radical (unpaired) electrons. The van der Waals surface area contributed by atoms with Crippen molar-refractivity contribution in [3.8, 4) is 0 Å². The Kier molecular flexibility index (Phi) is 12.2. The molecule has 0 saturated heterocycles.